The molecule has 3 atom stereocenters. The van der Waals surface area contributed by atoms with Crippen LogP contribution in [0.1, 0.15) is 55.4 Å². The summed E-state index contributed by atoms with van der Waals surface area (Å²) < 4.78 is 10.8. The monoisotopic (exact) mass is 339 g/mol. The number of nitrogens with zero attached hydrogens (tertiary/aromatic N) is 1. The quantitative estimate of drug-likeness (QED) is 0.821. The second-order valence-corrected chi connectivity index (χ2v) is 7.13. The molecule has 4 nitrogen and oxygen atoms in total. The fraction of sp³-hybridized carbons (Fsp3) is 0.476. The molecule has 1 saturated heterocycles. The number of ether oxygens (including phenoxy) is 1. The fourth-order valence-corrected chi connectivity index (χ4v) is 4.04. The Bertz CT molecular complexity index is 707. The van der Waals surface area contributed by atoms with Crippen LogP contribution >= 0.6 is 0 Å². The summed E-state index contributed by atoms with van der Waals surface area (Å²) in [7, 11) is 1.68. The average molecular weight is 339 g/mol. The maximum absolute atomic E-state index is 13.2. The summed E-state index contributed by atoms with van der Waals surface area (Å²) in [5.41, 5.74) is 1.21. The summed E-state index contributed by atoms with van der Waals surface area (Å²) in [6.45, 7) is 0.858. The maximum Gasteiger partial charge on any atom is 0.226 e. The second kappa shape index (κ2) is 6.95. The van der Waals surface area contributed by atoms with Crippen LogP contribution in [0.25, 0.3) is 0 Å². The van der Waals surface area contributed by atoms with Gasteiger partial charge in [0.25, 0.3) is 0 Å². The number of hydrogen-bond acceptors (Lipinski definition) is 3. The van der Waals surface area contributed by atoms with Crippen LogP contribution in [0.3, 0.4) is 0 Å². The first-order chi connectivity index (χ1) is 12.3. The van der Waals surface area contributed by atoms with Gasteiger partial charge in [0, 0.05) is 18.4 Å². The average Bonchev–Trinajstić information content (AvgIpc) is 3.34. The zero-order valence-electron chi connectivity index (χ0n) is 14.7. The number of amides is 1. The Morgan fingerprint density at radius 2 is 2.00 bits per heavy atom. The van der Waals surface area contributed by atoms with Gasteiger partial charge in [-0.3, -0.25) is 4.79 Å². The molecule has 4 rings (SSSR count). The van der Waals surface area contributed by atoms with E-state index in [1.807, 2.05) is 24.3 Å². The number of carbonyl (C=O) groups is 1. The highest BCUT2D eigenvalue weighted by Gasteiger charge is 2.48. The third-order valence-corrected chi connectivity index (χ3v) is 5.55. The molecule has 0 bridgehead atoms. The molecule has 2 aliphatic rings. The molecule has 0 spiro atoms. The van der Waals surface area contributed by atoms with Crippen LogP contribution in [0.15, 0.2) is 47.1 Å². The van der Waals surface area contributed by atoms with Gasteiger partial charge in [0.05, 0.1) is 19.4 Å². The Morgan fingerprint density at radius 3 is 2.72 bits per heavy atom. The fourth-order valence-electron chi connectivity index (χ4n) is 4.04. The van der Waals surface area contributed by atoms with E-state index in [2.05, 4.69) is 17.0 Å². The third kappa shape index (κ3) is 3.30. The van der Waals surface area contributed by atoms with Crippen molar-refractivity contribution in [2.45, 2.75) is 44.1 Å². The van der Waals surface area contributed by atoms with Crippen molar-refractivity contribution in [3.05, 3.63) is 54.0 Å². The van der Waals surface area contributed by atoms with E-state index in [1.165, 1.54) is 18.4 Å². The molecule has 1 aliphatic heterocycles. The Kier molecular flexibility index (Phi) is 4.51. The zero-order chi connectivity index (χ0) is 17.2. The van der Waals surface area contributed by atoms with Gasteiger partial charge in [0.2, 0.25) is 5.91 Å². The Morgan fingerprint density at radius 1 is 1.16 bits per heavy atom. The summed E-state index contributed by atoms with van der Waals surface area (Å²) >= 11 is 0. The largest absolute Gasteiger partial charge is 0.497 e. The first-order valence-electron chi connectivity index (χ1n) is 9.26. The number of likely N-dealkylation sites (tertiary alicyclic amines) is 1. The molecule has 1 aromatic carbocycles. The van der Waals surface area contributed by atoms with Gasteiger partial charge in [0.15, 0.2) is 0 Å². The first kappa shape index (κ1) is 16.2. The normalized spacial score (nSPS) is 26.1. The molecule has 1 amide bonds. The molecular weight excluding hydrogens is 314 g/mol. The van der Waals surface area contributed by atoms with Crippen molar-refractivity contribution in [2.24, 2.45) is 5.92 Å². The predicted molar refractivity (Wildman–Crippen MR) is 95.5 cm³/mol. The van der Waals surface area contributed by atoms with Gasteiger partial charge in [-0.15, -0.1) is 0 Å². The van der Waals surface area contributed by atoms with Gasteiger partial charge in [-0.1, -0.05) is 25.0 Å². The molecular formula is C21H25NO3. The van der Waals surface area contributed by atoms with Crippen LogP contribution in [-0.4, -0.2) is 24.5 Å². The molecule has 1 aliphatic carbocycles. The number of hydrogen-bond donors (Lipinski definition) is 0. The van der Waals surface area contributed by atoms with E-state index < -0.39 is 0 Å². The van der Waals surface area contributed by atoms with Crippen molar-refractivity contribution >= 4 is 5.91 Å². The number of benzene rings is 1. The van der Waals surface area contributed by atoms with E-state index in [9.17, 15) is 4.79 Å². The minimum absolute atomic E-state index is 0.0880. The molecule has 132 valence electrons. The van der Waals surface area contributed by atoms with Gasteiger partial charge in [-0.05, 0) is 49.1 Å². The third-order valence-electron chi connectivity index (χ3n) is 5.55. The lowest BCUT2D eigenvalue weighted by Crippen LogP contribution is -2.36. The number of carbonyl (C=O) groups excluding carboxylic acids is 1. The summed E-state index contributed by atoms with van der Waals surface area (Å²) in [5, 5.41) is 0. The second-order valence-electron chi connectivity index (χ2n) is 7.13. The lowest BCUT2D eigenvalue weighted by Gasteiger charge is -2.31. The maximum atomic E-state index is 13.2. The van der Waals surface area contributed by atoms with Crippen LogP contribution in [0.5, 0.6) is 5.75 Å². The predicted octanol–water partition coefficient (Wildman–Crippen LogP) is 4.54. The van der Waals surface area contributed by atoms with E-state index in [-0.39, 0.29) is 17.9 Å². The first-order valence-corrected chi connectivity index (χ1v) is 9.26. The van der Waals surface area contributed by atoms with Crippen LogP contribution < -0.4 is 4.74 Å². The smallest absolute Gasteiger partial charge is 0.226 e. The zero-order valence-corrected chi connectivity index (χ0v) is 14.7. The molecule has 2 heterocycles. The number of methoxy groups -OCH3 is 1. The van der Waals surface area contributed by atoms with E-state index in [4.69, 9.17) is 9.15 Å². The van der Waals surface area contributed by atoms with E-state index in [1.54, 1.807) is 13.4 Å². The van der Waals surface area contributed by atoms with Crippen LogP contribution in [0.4, 0.5) is 0 Å². The summed E-state index contributed by atoms with van der Waals surface area (Å²) in [6, 6.07) is 12.3. The molecule has 2 fully saturated rings. The Hall–Kier alpha value is -2.23. The SMILES string of the molecule is COc1ccc([C@@H]2CCCCCN2C(=O)[C@@H]2C[C@@H]2c2ccco2)cc1. The van der Waals surface area contributed by atoms with Crippen molar-refractivity contribution in [3.63, 3.8) is 0 Å². The van der Waals surface area contributed by atoms with Crippen molar-refractivity contribution in [2.75, 3.05) is 13.7 Å². The number of rotatable bonds is 4. The highest BCUT2D eigenvalue weighted by molar-refractivity contribution is 5.83. The number of furan rings is 1. The van der Waals surface area contributed by atoms with E-state index in [0.29, 0.717) is 5.91 Å². The van der Waals surface area contributed by atoms with Gasteiger partial charge < -0.3 is 14.1 Å². The molecule has 0 N–H and O–H groups in total. The molecule has 0 radical (unpaired) electrons. The van der Waals surface area contributed by atoms with Crippen molar-refractivity contribution in [3.8, 4) is 5.75 Å². The highest BCUT2D eigenvalue weighted by atomic mass is 16.5. The van der Waals surface area contributed by atoms with E-state index >= 15 is 0 Å². The summed E-state index contributed by atoms with van der Waals surface area (Å²) in [4.78, 5) is 15.3. The molecule has 1 aromatic heterocycles. The van der Waals surface area contributed by atoms with Crippen molar-refractivity contribution < 1.29 is 13.9 Å². The molecule has 2 aromatic rings. The lowest BCUT2D eigenvalue weighted by atomic mass is 10.00. The standard InChI is InChI=1S/C21H25NO3/c1-24-16-10-8-15(9-11-16)19-6-3-2-4-12-22(19)21(23)18-14-17(18)20-7-5-13-25-20/h5,7-11,13,17-19H,2-4,6,12,14H2,1H3/t17-,18+,19-/m0/s1. The molecule has 25 heavy (non-hydrogen) atoms. The van der Waals surface area contributed by atoms with Crippen LogP contribution in [0.2, 0.25) is 0 Å². The van der Waals surface area contributed by atoms with E-state index in [0.717, 1.165) is 37.3 Å². The van der Waals surface area contributed by atoms with Gasteiger partial charge in [0.1, 0.15) is 11.5 Å². The van der Waals surface area contributed by atoms with Crippen LogP contribution in [0, 0.1) is 5.92 Å². The molecule has 0 unspecified atom stereocenters. The van der Waals surface area contributed by atoms with Gasteiger partial charge >= 0.3 is 0 Å². The molecule has 1 saturated carbocycles. The minimum Gasteiger partial charge on any atom is -0.497 e. The summed E-state index contributed by atoms with van der Waals surface area (Å²) in [5.74, 6) is 2.46. The van der Waals surface area contributed by atoms with Crippen LogP contribution in [-0.2, 0) is 4.79 Å². The van der Waals surface area contributed by atoms with Crippen molar-refractivity contribution in [1.82, 2.24) is 4.90 Å². The summed E-state index contributed by atoms with van der Waals surface area (Å²) in [6.07, 6.45) is 7.11. The van der Waals surface area contributed by atoms with Gasteiger partial charge in [-0.25, -0.2) is 0 Å². The van der Waals surface area contributed by atoms with Crippen molar-refractivity contribution in [1.29, 1.82) is 0 Å². The molecule has 4 heteroatoms. The highest BCUT2D eigenvalue weighted by Crippen LogP contribution is 2.50. The van der Waals surface area contributed by atoms with Gasteiger partial charge in [-0.2, -0.15) is 0 Å². The Balaban J connectivity index is 1.53. The minimum atomic E-state index is 0.0880. The topological polar surface area (TPSA) is 42.7 Å². The Labute approximate surface area is 148 Å². The lowest BCUT2D eigenvalue weighted by molar-refractivity contribution is -0.135.